The maximum atomic E-state index is 13.0. The molecule has 0 aliphatic carbocycles. The number of amides is 2. The van der Waals surface area contributed by atoms with Crippen LogP contribution in [0.25, 0.3) is 6.08 Å². The minimum atomic E-state index is -0.326. The third-order valence-electron chi connectivity index (χ3n) is 5.01. The largest absolute Gasteiger partial charge is 0.493 e. The fraction of sp³-hybridized carbons (Fsp3) is 0.120. The van der Waals surface area contributed by atoms with Gasteiger partial charge in [-0.15, -0.1) is 0 Å². The van der Waals surface area contributed by atoms with Gasteiger partial charge in [0.15, 0.2) is 11.5 Å². The molecular weight excluding hydrogens is 443 g/mol. The van der Waals surface area contributed by atoms with E-state index in [1.807, 2.05) is 6.07 Å². The average Bonchev–Trinajstić information content (AvgIpc) is 2.83. The molecule has 1 heterocycles. The second-order valence-corrected chi connectivity index (χ2v) is 8.28. The summed E-state index contributed by atoms with van der Waals surface area (Å²) >= 11 is 1.33. The van der Waals surface area contributed by atoms with Crippen molar-refractivity contribution in [1.29, 1.82) is 0 Å². The first-order valence-electron chi connectivity index (χ1n) is 10.1. The number of hydrogen-bond acceptors (Lipinski definition) is 5. The van der Waals surface area contributed by atoms with E-state index < -0.39 is 0 Å². The SMILES string of the molecule is COc1ccc(C=C2Sc3ccc(C(=O)NCc4ccc(F)cc4)cc3NC2=O)cc1OC. The van der Waals surface area contributed by atoms with Crippen LogP contribution in [0.1, 0.15) is 21.5 Å². The number of halogens is 1. The molecule has 1 aliphatic heterocycles. The second kappa shape index (κ2) is 9.79. The summed E-state index contributed by atoms with van der Waals surface area (Å²) in [4.78, 5) is 26.6. The average molecular weight is 465 g/mol. The van der Waals surface area contributed by atoms with Crippen molar-refractivity contribution in [3.63, 3.8) is 0 Å². The normalized spacial score (nSPS) is 13.8. The van der Waals surface area contributed by atoms with Crippen LogP contribution < -0.4 is 20.1 Å². The molecule has 8 heteroatoms. The maximum Gasteiger partial charge on any atom is 0.262 e. The van der Waals surface area contributed by atoms with E-state index >= 15 is 0 Å². The molecule has 168 valence electrons. The van der Waals surface area contributed by atoms with Gasteiger partial charge < -0.3 is 20.1 Å². The highest BCUT2D eigenvalue weighted by atomic mass is 32.2. The van der Waals surface area contributed by atoms with Gasteiger partial charge in [0.2, 0.25) is 0 Å². The zero-order valence-corrected chi connectivity index (χ0v) is 18.8. The Morgan fingerprint density at radius 1 is 1.03 bits per heavy atom. The van der Waals surface area contributed by atoms with Gasteiger partial charge >= 0.3 is 0 Å². The molecule has 0 bridgehead atoms. The Bertz CT molecular complexity index is 1240. The maximum absolute atomic E-state index is 13.0. The number of ether oxygens (including phenoxy) is 2. The van der Waals surface area contributed by atoms with Crippen molar-refractivity contribution in [2.24, 2.45) is 0 Å². The van der Waals surface area contributed by atoms with E-state index in [1.54, 1.807) is 62.8 Å². The Balaban J connectivity index is 1.48. The minimum absolute atomic E-state index is 0.258. The number of benzene rings is 3. The number of nitrogens with one attached hydrogen (secondary N) is 2. The number of hydrogen-bond donors (Lipinski definition) is 2. The summed E-state index contributed by atoms with van der Waals surface area (Å²) in [6.07, 6.45) is 1.77. The third-order valence-corrected chi connectivity index (χ3v) is 6.10. The number of anilines is 1. The van der Waals surface area contributed by atoms with E-state index in [2.05, 4.69) is 10.6 Å². The van der Waals surface area contributed by atoms with E-state index in [1.165, 1.54) is 23.9 Å². The lowest BCUT2D eigenvalue weighted by Crippen LogP contribution is -2.23. The number of methoxy groups -OCH3 is 2. The van der Waals surface area contributed by atoms with Crippen LogP contribution in [0.2, 0.25) is 0 Å². The highest BCUT2D eigenvalue weighted by Gasteiger charge is 2.22. The number of carbonyl (C=O) groups is 2. The first kappa shape index (κ1) is 22.4. The first-order valence-corrected chi connectivity index (χ1v) is 10.9. The molecule has 0 spiro atoms. The summed E-state index contributed by atoms with van der Waals surface area (Å²) in [5.41, 5.74) is 2.58. The molecule has 0 fully saturated rings. The van der Waals surface area contributed by atoms with Crippen LogP contribution in [0.3, 0.4) is 0 Å². The summed E-state index contributed by atoms with van der Waals surface area (Å²) in [6, 6.07) is 16.5. The molecular formula is C25H21FN2O4S. The molecule has 3 aromatic rings. The predicted molar refractivity (Wildman–Crippen MR) is 126 cm³/mol. The van der Waals surface area contributed by atoms with Crippen molar-refractivity contribution in [2.75, 3.05) is 19.5 Å². The van der Waals surface area contributed by atoms with Gasteiger partial charge in [0, 0.05) is 17.0 Å². The second-order valence-electron chi connectivity index (χ2n) is 7.20. The number of thioether (sulfide) groups is 1. The third kappa shape index (κ3) is 5.18. The van der Waals surface area contributed by atoms with E-state index in [4.69, 9.17) is 9.47 Å². The van der Waals surface area contributed by atoms with Crippen LogP contribution in [-0.4, -0.2) is 26.0 Å². The molecule has 3 aromatic carbocycles. The van der Waals surface area contributed by atoms with Gasteiger partial charge in [-0.3, -0.25) is 9.59 Å². The fourth-order valence-electron chi connectivity index (χ4n) is 3.28. The molecule has 0 unspecified atom stereocenters. The van der Waals surface area contributed by atoms with E-state index in [0.29, 0.717) is 27.7 Å². The van der Waals surface area contributed by atoms with Gasteiger partial charge in [0.25, 0.3) is 11.8 Å². The Morgan fingerprint density at radius 3 is 2.52 bits per heavy atom. The summed E-state index contributed by atoms with van der Waals surface area (Å²) in [5.74, 6) is 0.312. The summed E-state index contributed by atoms with van der Waals surface area (Å²) in [6.45, 7) is 0.273. The summed E-state index contributed by atoms with van der Waals surface area (Å²) in [5, 5.41) is 5.65. The predicted octanol–water partition coefficient (Wildman–Crippen LogP) is 4.86. The number of carbonyl (C=O) groups excluding carboxylic acids is 2. The monoisotopic (exact) mass is 464 g/mol. The van der Waals surface area contributed by atoms with Crippen molar-refractivity contribution >= 4 is 35.3 Å². The van der Waals surface area contributed by atoms with Crippen molar-refractivity contribution < 1.29 is 23.5 Å². The Hall–Kier alpha value is -3.78. The lowest BCUT2D eigenvalue weighted by molar-refractivity contribution is -0.112. The van der Waals surface area contributed by atoms with Crippen molar-refractivity contribution in [3.05, 3.63) is 88.1 Å². The van der Waals surface area contributed by atoms with Crippen LogP contribution in [0.4, 0.5) is 10.1 Å². The molecule has 33 heavy (non-hydrogen) atoms. The van der Waals surface area contributed by atoms with Crippen LogP contribution in [0, 0.1) is 5.82 Å². The summed E-state index contributed by atoms with van der Waals surface area (Å²) < 4.78 is 23.6. The van der Waals surface area contributed by atoms with Gasteiger partial charge in [0.05, 0.1) is 24.8 Å². The Labute approximate surface area is 194 Å². The van der Waals surface area contributed by atoms with E-state index in [9.17, 15) is 14.0 Å². The topological polar surface area (TPSA) is 76.7 Å². The minimum Gasteiger partial charge on any atom is -0.493 e. The van der Waals surface area contributed by atoms with Crippen LogP contribution >= 0.6 is 11.8 Å². The fourth-order valence-corrected chi connectivity index (χ4v) is 4.21. The Kier molecular flexibility index (Phi) is 6.65. The molecule has 0 aromatic heterocycles. The standard InChI is InChI=1S/C25H21FN2O4S/c1-31-20-9-5-16(11-21(20)32-2)12-23-25(30)28-19-13-17(6-10-22(19)33-23)24(29)27-14-15-3-7-18(26)8-4-15/h3-13H,14H2,1-2H3,(H,27,29)(H,28,30). The van der Waals surface area contributed by atoms with Crippen molar-refractivity contribution in [1.82, 2.24) is 5.32 Å². The van der Waals surface area contributed by atoms with E-state index in [-0.39, 0.29) is 24.2 Å². The smallest absolute Gasteiger partial charge is 0.262 e. The first-order chi connectivity index (χ1) is 16.0. The highest BCUT2D eigenvalue weighted by Crippen LogP contribution is 2.40. The zero-order chi connectivity index (χ0) is 23.4. The van der Waals surface area contributed by atoms with Gasteiger partial charge in [-0.2, -0.15) is 0 Å². The van der Waals surface area contributed by atoms with Gasteiger partial charge in [-0.25, -0.2) is 4.39 Å². The number of rotatable bonds is 6. The van der Waals surface area contributed by atoms with Gasteiger partial charge in [-0.1, -0.05) is 30.0 Å². The zero-order valence-electron chi connectivity index (χ0n) is 18.0. The molecule has 0 radical (unpaired) electrons. The van der Waals surface area contributed by atoms with Gasteiger partial charge in [0.1, 0.15) is 5.82 Å². The van der Waals surface area contributed by atoms with Gasteiger partial charge in [-0.05, 0) is 59.7 Å². The lowest BCUT2D eigenvalue weighted by Gasteiger charge is -2.19. The molecule has 0 atom stereocenters. The van der Waals surface area contributed by atoms with Crippen molar-refractivity contribution in [3.8, 4) is 11.5 Å². The lowest BCUT2D eigenvalue weighted by atomic mass is 10.1. The van der Waals surface area contributed by atoms with Crippen LogP contribution in [-0.2, 0) is 11.3 Å². The quantitative estimate of drug-likeness (QED) is 0.510. The molecule has 0 saturated heterocycles. The van der Waals surface area contributed by atoms with E-state index in [0.717, 1.165) is 16.0 Å². The molecule has 2 N–H and O–H groups in total. The molecule has 6 nitrogen and oxygen atoms in total. The molecule has 1 aliphatic rings. The number of fused-ring (bicyclic) bond motifs is 1. The summed E-state index contributed by atoms with van der Waals surface area (Å²) in [7, 11) is 3.12. The molecule has 4 rings (SSSR count). The molecule has 2 amide bonds. The highest BCUT2D eigenvalue weighted by molar-refractivity contribution is 8.04. The van der Waals surface area contributed by atoms with Crippen LogP contribution in [0.5, 0.6) is 11.5 Å². The Morgan fingerprint density at radius 2 is 1.79 bits per heavy atom. The van der Waals surface area contributed by atoms with Crippen LogP contribution in [0.15, 0.2) is 70.5 Å². The molecule has 0 saturated carbocycles. The van der Waals surface area contributed by atoms with Crippen molar-refractivity contribution in [2.45, 2.75) is 11.4 Å².